The van der Waals surface area contributed by atoms with Gasteiger partial charge in [-0.25, -0.2) is 4.79 Å². The van der Waals surface area contributed by atoms with E-state index in [1.54, 1.807) is 21.0 Å². The van der Waals surface area contributed by atoms with Crippen molar-refractivity contribution in [1.82, 2.24) is 4.90 Å². The fourth-order valence-electron chi connectivity index (χ4n) is 1.04. The molecule has 1 amide bonds. The molecule has 5 nitrogen and oxygen atoms in total. The van der Waals surface area contributed by atoms with E-state index in [1.807, 2.05) is 0 Å². The Labute approximate surface area is 92.2 Å². The van der Waals surface area contributed by atoms with Gasteiger partial charge in [-0.1, -0.05) is 0 Å². The van der Waals surface area contributed by atoms with Crippen molar-refractivity contribution in [2.24, 2.45) is 4.99 Å². The van der Waals surface area contributed by atoms with Gasteiger partial charge in [0.15, 0.2) is 5.17 Å². The minimum Gasteiger partial charge on any atom is -0.463 e. The van der Waals surface area contributed by atoms with E-state index in [2.05, 4.69) is 4.99 Å². The van der Waals surface area contributed by atoms with Crippen LogP contribution in [0.1, 0.15) is 6.92 Å². The number of nitrogens with zero attached hydrogens (tertiary/aromatic N) is 2. The highest BCUT2D eigenvalue weighted by Gasteiger charge is 2.30. The van der Waals surface area contributed by atoms with E-state index >= 15 is 0 Å². The first-order valence-electron chi connectivity index (χ1n) is 4.41. The van der Waals surface area contributed by atoms with Gasteiger partial charge in [-0.15, -0.1) is 0 Å². The molecule has 0 aromatic heterocycles. The SMILES string of the molecule is CCOC(=O)/C=C1\SC(=NC)N(C)C1=O. The second-order valence-corrected chi connectivity index (χ2v) is 3.74. The average Bonchev–Trinajstić information content (AvgIpc) is 2.46. The molecular weight excluding hydrogens is 216 g/mol. The molecule has 0 aromatic rings. The van der Waals surface area contributed by atoms with E-state index in [-0.39, 0.29) is 5.91 Å². The van der Waals surface area contributed by atoms with E-state index in [0.717, 1.165) is 0 Å². The van der Waals surface area contributed by atoms with Crippen molar-refractivity contribution in [3.63, 3.8) is 0 Å². The lowest BCUT2D eigenvalue weighted by Gasteiger charge is -2.04. The van der Waals surface area contributed by atoms with Gasteiger partial charge in [0.25, 0.3) is 5.91 Å². The number of amides is 1. The minimum atomic E-state index is -0.501. The molecule has 6 heteroatoms. The molecule has 0 spiro atoms. The zero-order valence-corrected chi connectivity index (χ0v) is 9.63. The summed E-state index contributed by atoms with van der Waals surface area (Å²) in [5.41, 5.74) is 0. The van der Waals surface area contributed by atoms with Crippen LogP contribution in [0.3, 0.4) is 0 Å². The summed E-state index contributed by atoms with van der Waals surface area (Å²) in [5, 5.41) is 0.579. The van der Waals surface area contributed by atoms with Gasteiger partial charge in [0.05, 0.1) is 11.5 Å². The highest BCUT2D eigenvalue weighted by atomic mass is 32.2. The highest BCUT2D eigenvalue weighted by Crippen LogP contribution is 2.29. The lowest BCUT2D eigenvalue weighted by Crippen LogP contribution is -2.23. The van der Waals surface area contributed by atoms with Crippen molar-refractivity contribution in [2.75, 3.05) is 20.7 Å². The summed E-state index contributed by atoms with van der Waals surface area (Å²) in [6, 6.07) is 0. The first-order valence-corrected chi connectivity index (χ1v) is 5.23. The molecule has 0 aromatic carbocycles. The number of ether oxygens (including phenoxy) is 1. The summed E-state index contributed by atoms with van der Waals surface area (Å²) in [4.78, 5) is 28.3. The van der Waals surface area contributed by atoms with Gasteiger partial charge in [0, 0.05) is 20.2 Å². The van der Waals surface area contributed by atoms with Gasteiger partial charge in [0.1, 0.15) is 0 Å². The van der Waals surface area contributed by atoms with Crippen molar-refractivity contribution in [3.05, 3.63) is 11.0 Å². The molecule has 1 heterocycles. The summed E-state index contributed by atoms with van der Waals surface area (Å²) in [5.74, 6) is -0.729. The van der Waals surface area contributed by atoms with Crippen LogP contribution in [0.2, 0.25) is 0 Å². The maximum atomic E-state index is 11.6. The minimum absolute atomic E-state index is 0.228. The Hall–Kier alpha value is -1.30. The Morgan fingerprint density at radius 1 is 1.67 bits per heavy atom. The molecule has 1 aliphatic rings. The molecule has 1 aliphatic heterocycles. The second kappa shape index (κ2) is 4.97. The molecule has 0 unspecified atom stereocenters. The number of carbonyl (C=O) groups is 2. The van der Waals surface area contributed by atoms with Crippen LogP contribution in [-0.2, 0) is 14.3 Å². The summed E-state index contributed by atoms with van der Waals surface area (Å²) >= 11 is 1.17. The van der Waals surface area contributed by atoms with Gasteiger partial charge >= 0.3 is 5.97 Å². The number of rotatable bonds is 2. The monoisotopic (exact) mass is 228 g/mol. The molecule has 0 N–H and O–H groups in total. The number of amidine groups is 1. The number of hydrogen-bond donors (Lipinski definition) is 0. The van der Waals surface area contributed by atoms with Crippen LogP contribution in [0.25, 0.3) is 0 Å². The summed E-state index contributed by atoms with van der Waals surface area (Å²) < 4.78 is 4.72. The molecular formula is C9H12N2O3S. The van der Waals surface area contributed by atoms with Gasteiger partial charge in [0.2, 0.25) is 0 Å². The number of hydrogen-bond acceptors (Lipinski definition) is 5. The molecule has 1 saturated heterocycles. The van der Waals surface area contributed by atoms with E-state index in [9.17, 15) is 9.59 Å². The Morgan fingerprint density at radius 2 is 2.33 bits per heavy atom. The maximum Gasteiger partial charge on any atom is 0.332 e. The van der Waals surface area contributed by atoms with Gasteiger partial charge in [-0.05, 0) is 18.7 Å². The molecule has 0 atom stereocenters. The zero-order valence-electron chi connectivity index (χ0n) is 8.81. The quantitative estimate of drug-likeness (QED) is 0.513. The Balaban J connectivity index is 2.82. The summed E-state index contributed by atoms with van der Waals surface area (Å²) in [6.45, 7) is 2.01. The number of esters is 1. The number of aliphatic imine (C=N–C) groups is 1. The van der Waals surface area contributed by atoms with Crippen LogP contribution in [0.15, 0.2) is 16.0 Å². The van der Waals surface area contributed by atoms with Crippen LogP contribution in [0, 0.1) is 0 Å². The van der Waals surface area contributed by atoms with E-state index in [1.165, 1.54) is 22.7 Å². The molecule has 1 fully saturated rings. The number of likely N-dealkylation sites (N-methyl/N-ethyl adjacent to an activating group) is 1. The van der Waals surface area contributed by atoms with Crippen molar-refractivity contribution >= 4 is 28.8 Å². The number of carbonyl (C=O) groups excluding carboxylic acids is 2. The topological polar surface area (TPSA) is 59.0 Å². The third-order valence-corrected chi connectivity index (χ3v) is 2.88. The molecule has 0 saturated carbocycles. The van der Waals surface area contributed by atoms with Crippen LogP contribution in [-0.4, -0.2) is 42.6 Å². The van der Waals surface area contributed by atoms with Gasteiger partial charge in [-0.3, -0.25) is 14.7 Å². The first-order chi connectivity index (χ1) is 7.10. The van der Waals surface area contributed by atoms with Crippen molar-refractivity contribution in [2.45, 2.75) is 6.92 Å². The van der Waals surface area contributed by atoms with Crippen LogP contribution in [0.4, 0.5) is 0 Å². The highest BCUT2D eigenvalue weighted by molar-refractivity contribution is 8.18. The summed E-state index contributed by atoms with van der Waals surface area (Å²) in [6.07, 6.45) is 1.20. The van der Waals surface area contributed by atoms with Crippen LogP contribution < -0.4 is 0 Å². The van der Waals surface area contributed by atoms with Crippen molar-refractivity contribution < 1.29 is 14.3 Å². The first kappa shape index (κ1) is 11.8. The Bertz CT molecular complexity index is 349. The molecule has 0 aliphatic carbocycles. The standard InChI is InChI=1S/C9H12N2O3S/c1-4-14-7(12)5-6-8(13)11(3)9(10-2)15-6/h5H,4H2,1-3H3/b6-5-,10-9?. The molecule has 15 heavy (non-hydrogen) atoms. The normalized spacial score (nSPS) is 21.5. The fraction of sp³-hybridized carbons (Fsp3) is 0.444. The maximum absolute atomic E-state index is 11.6. The molecule has 82 valence electrons. The average molecular weight is 228 g/mol. The van der Waals surface area contributed by atoms with E-state index < -0.39 is 5.97 Å². The lowest BCUT2D eigenvalue weighted by molar-refractivity contribution is -0.137. The predicted molar refractivity (Wildman–Crippen MR) is 58.4 cm³/mol. The van der Waals surface area contributed by atoms with Gasteiger partial charge in [-0.2, -0.15) is 0 Å². The lowest BCUT2D eigenvalue weighted by atomic mass is 10.4. The van der Waals surface area contributed by atoms with Crippen LogP contribution in [0.5, 0.6) is 0 Å². The third-order valence-electron chi connectivity index (χ3n) is 1.73. The molecule has 1 rings (SSSR count). The zero-order chi connectivity index (χ0) is 11.4. The van der Waals surface area contributed by atoms with Crippen molar-refractivity contribution in [3.8, 4) is 0 Å². The third kappa shape index (κ3) is 2.59. The largest absolute Gasteiger partial charge is 0.463 e. The fourth-order valence-corrected chi connectivity index (χ4v) is 1.93. The second-order valence-electron chi connectivity index (χ2n) is 2.73. The Morgan fingerprint density at radius 3 is 2.80 bits per heavy atom. The van der Waals surface area contributed by atoms with E-state index in [4.69, 9.17) is 4.74 Å². The Kier molecular flexibility index (Phi) is 3.90. The molecule has 0 radical (unpaired) electrons. The number of thioether (sulfide) groups is 1. The molecule has 0 bridgehead atoms. The van der Waals surface area contributed by atoms with Crippen LogP contribution >= 0.6 is 11.8 Å². The van der Waals surface area contributed by atoms with Crippen molar-refractivity contribution in [1.29, 1.82) is 0 Å². The van der Waals surface area contributed by atoms with Gasteiger partial charge < -0.3 is 4.74 Å². The smallest absolute Gasteiger partial charge is 0.332 e. The summed E-state index contributed by atoms with van der Waals surface area (Å²) in [7, 11) is 3.21. The predicted octanol–water partition coefficient (Wildman–Crippen LogP) is 0.624. The van der Waals surface area contributed by atoms with E-state index in [0.29, 0.717) is 16.7 Å².